The number of aromatic nitrogens is 1. The molecule has 7 nitrogen and oxygen atoms in total. The van der Waals surface area contributed by atoms with E-state index in [0.29, 0.717) is 25.1 Å². The molecule has 3 rings (SSSR count). The maximum absolute atomic E-state index is 12.3. The summed E-state index contributed by atoms with van der Waals surface area (Å²) in [6.45, 7) is 3.55. The van der Waals surface area contributed by atoms with Gasteiger partial charge in [-0.3, -0.25) is 4.79 Å². The molecule has 0 atom stereocenters. The van der Waals surface area contributed by atoms with E-state index in [4.69, 9.17) is 4.52 Å². The van der Waals surface area contributed by atoms with Crippen molar-refractivity contribution in [2.75, 3.05) is 19.6 Å². The third-order valence-electron chi connectivity index (χ3n) is 4.43. The van der Waals surface area contributed by atoms with Gasteiger partial charge in [0.05, 0.1) is 10.6 Å². The van der Waals surface area contributed by atoms with Crippen molar-refractivity contribution < 1.29 is 17.7 Å². The first-order valence-electron chi connectivity index (χ1n) is 8.73. The van der Waals surface area contributed by atoms with E-state index in [0.717, 1.165) is 30.6 Å². The fraction of sp³-hybridized carbons (Fsp3) is 0.444. The number of rotatable bonds is 8. The van der Waals surface area contributed by atoms with Gasteiger partial charge in [-0.05, 0) is 37.5 Å². The van der Waals surface area contributed by atoms with Gasteiger partial charge < -0.3 is 9.42 Å². The highest BCUT2D eigenvalue weighted by atomic mass is 32.2. The van der Waals surface area contributed by atoms with E-state index < -0.39 is 10.0 Å². The van der Waals surface area contributed by atoms with E-state index in [1.807, 2.05) is 4.90 Å². The Morgan fingerprint density at radius 3 is 2.62 bits per heavy atom. The van der Waals surface area contributed by atoms with Crippen LogP contribution < -0.4 is 4.72 Å². The Labute approximate surface area is 153 Å². The summed E-state index contributed by atoms with van der Waals surface area (Å²) in [5.41, 5.74) is 1.73. The summed E-state index contributed by atoms with van der Waals surface area (Å²) in [6, 6.07) is 8.59. The number of likely N-dealkylation sites (tertiary alicyclic amines) is 1. The van der Waals surface area contributed by atoms with Crippen LogP contribution in [0.3, 0.4) is 0 Å². The van der Waals surface area contributed by atoms with Crippen LogP contribution in [-0.2, 0) is 27.7 Å². The molecule has 1 N–H and O–H groups in total. The molecule has 0 saturated carbocycles. The van der Waals surface area contributed by atoms with E-state index in [-0.39, 0.29) is 17.3 Å². The maximum atomic E-state index is 12.3. The van der Waals surface area contributed by atoms with E-state index in [2.05, 4.69) is 9.88 Å². The Morgan fingerprint density at radius 2 is 2.00 bits per heavy atom. The lowest BCUT2D eigenvalue weighted by Gasteiger charge is -2.15. The normalized spacial score (nSPS) is 15.0. The second-order valence-corrected chi connectivity index (χ2v) is 8.22. The van der Waals surface area contributed by atoms with E-state index in [9.17, 15) is 13.2 Å². The first-order chi connectivity index (χ1) is 12.4. The highest BCUT2D eigenvalue weighted by molar-refractivity contribution is 7.89. The fourth-order valence-corrected chi connectivity index (χ4v) is 4.00. The predicted molar refractivity (Wildman–Crippen MR) is 96.1 cm³/mol. The Morgan fingerprint density at radius 1 is 1.23 bits per heavy atom. The number of benzene rings is 1. The summed E-state index contributed by atoms with van der Waals surface area (Å²) < 4.78 is 32.2. The smallest absolute Gasteiger partial charge is 0.240 e. The standard InChI is InChI=1S/C18H23N3O4S/c1-14-13-16(20-25-14)8-10-19-26(23,24)17-6-4-15(5-7-17)9-12-21-11-2-3-18(21)22/h4-7,13,19H,2-3,8-12H2,1H3. The van der Waals surface area contributed by atoms with E-state index >= 15 is 0 Å². The van der Waals surface area contributed by atoms with Gasteiger partial charge in [0.2, 0.25) is 15.9 Å². The molecule has 2 aromatic rings. The van der Waals surface area contributed by atoms with Gasteiger partial charge in [-0.25, -0.2) is 13.1 Å². The lowest BCUT2D eigenvalue weighted by molar-refractivity contribution is -0.127. The van der Waals surface area contributed by atoms with Crippen molar-refractivity contribution in [1.82, 2.24) is 14.8 Å². The second-order valence-electron chi connectivity index (χ2n) is 6.45. The minimum absolute atomic E-state index is 0.204. The topological polar surface area (TPSA) is 92.5 Å². The number of carbonyl (C=O) groups excluding carboxylic acids is 1. The molecule has 0 aliphatic carbocycles. The molecule has 26 heavy (non-hydrogen) atoms. The lowest BCUT2D eigenvalue weighted by atomic mass is 10.1. The van der Waals surface area contributed by atoms with Gasteiger partial charge in [0, 0.05) is 38.5 Å². The highest BCUT2D eigenvalue weighted by Crippen LogP contribution is 2.14. The molecule has 1 amide bonds. The van der Waals surface area contributed by atoms with Crippen LogP contribution in [0.2, 0.25) is 0 Å². The number of nitrogens with zero attached hydrogens (tertiary/aromatic N) is 2. The number of sulfonamides is 1. The zero-order valence-electron chi connectivity index (χ0n) is 14.8. The van der Waals surface area contributed by atoms with Crippen molar-refractivity contribution in [1.29, 1.82) is 0 Å². The predicted octanol–water partition coefficient (Wildman–Crippen LogP) is 1.67. The zero-order valence-corrected chi connectivity index (χ0v) is 15.6. The van der Waals surface area contributed by atoms with Crippen molar-refractivity contribution in [2.45, 2.75) is 37.5 Å². The summed E-state index contributed by atoms with van der Waals surface area (Å²) in [5.74, 6) is 0.907. The summed E-state index contributed by atoms with van der Waals surface area (Å²) in [6.07, 6.45) is 2.76. The van der Waals surface area contributed by atoms with Crippen molar-refractivity contribution in [2.24, 2.45) is 0 Å². The maximum Gasteiger partial charge on any atom is 0.240 e. The number of hydrogen-bond donors (Lipinski definition) is 1. The molecule has 1 aliphatic rings. The number of nitrogens with one attached hydrogen (secondary N) is 1. The molecule has 2 heterocycles. The van der Waals surface area contributed by atoms with Crippen molar-refractivity contribution in [3.05, 3.63) is 47.3 Å². The minimum Gasteiger partial charge on any atom is -0.361 e. The summed E-state index contributed by atoms with van der Waals surface area (Å²) in [7, 11) is -3.55. The molecule has 0 bridgehead atoms. The van der Waals surface area contributed by atoms with E-state index in [1.54, 1.807) is 37.3 Å². The summed E-state index contributed by atoms with van der Waals surface area (Å²) >= 11 is 0. The van der Waals surface area contributed by atoms with Crippen LogP contribution in [0.25, 0.3) is 0 Å². The fourth-order valence-electron chi connectivity index (χ4n) is 2.97. The number of carbonyl (C=O) groups is 1. The molecule has 0 unspecified atom stereocenters. The van der Waals surface area contributed by atoms with Crippen LogP contribution in [-0.4, -0.2) is 44.0 Å². The molecule has 1 aromatic carbocycles. The summed E-state index contributed by atoms with van der Waals surface area (Å²) in [5, 5.41) is 3.84. The molecule has 0 radical (unpaired) electrons. The first-order valence-corrected chi connectivity index (χ1v) is 10.2. The molecule has 140 valence electrons. The first kappa shape index (κ1) is 18.6. The quantitative estimate of drug-likeness (QED) is 0.755. The van der Waals surface area contributed by atoms with E-state index in [1.165, 1.54) is 0 Å². The van der Waals surface area contributed by atoms with Gasteiger partial charge in [-0.15, -0.1) is 0 Å². The Kier molecular flexibility index (Phi) is 5.73. The van der Waals surface area contributed by atoms with Gasteiger partial charge >= 0.3 is 0 Å². The Hall–Kier alpha value is -2.19. The average molecular weight is 377 g/mol. The number of aryl methyl sites for hydroxylation is 1. The third-order valence-corrected chi connectivity index (χ3v) is 5.90. The molecule has 8 heteroatoms. The van der Waals surface area contributed by atoms with Crippen molar-refractivity contribution >= 4 is 15.9 Å². The van der Waals surface area contributed by atoms with Crippen LogP contribution in [0.5, 0.6) is 0 Å². The molecular formula is C18H23N3O4S. The monoisotopic (exact) mass is 377 g/mol. The van der Waals surface area contributed by atoms with Crippen LogP contribution in [0.15, 0.2) is 39.8 Å². The molecule has 1 fully saturated rings. The lowest BCUT2D eigenvalue weighted by Crippen LogP contribution is -2.27. The van der Waals surface area contributed by atoms with Crippen LogP contribution in [0.4, 0.5) is 0 Å². The second kappa shape index (κ2) is 8.01. The Balaban J connectivity index is 1.51. The van der Waals surface area contributed by atoms with Crippen LogP contribution in [0.1, 0.15) is 29.9 Å². The van der Waals surface area contributed by atoms with Gasteiger partial charge in [-0.2, -0.15) is 0 Å². The third kappa shape index (κ3) is 4.70. The minimum atomic E-state index is -3.55. The Bertz CT molecular complexity index is 859. The van der Waals surface area contributed by atoms with Gasteiger partial charge in [0.25, 0.3) is 0 Å². The van der Waals surface area contributed by atoms with Crippen molar-refractivity contribution in [3.63, 3.8) is 0 Å². The van der Waals surface area contributed by atoms with Gasteiger partial charge in [0.15, 0.2) is 0 Å². The molecule has 1 saturated heterocycles. The molecule has 1 aromatic heterocycles. The zero-order chi connectivity index (χ0) is 18.6. The highest BCUT2D eigenvalue weighted by Gasteiger charge is 2.19. The molecular weight excluding hydrogens is 354 g/mol. The van der Waals surface area contributed by atoms with Crippen LogP contribution >= 0.6 is 0 Å². The number of hydrogen-bond acceptors (Lipinski definition) is 5. The molecule has 0 spiro atoms. The number of amides is 1. The summed E-state index contributed by atoms with van der Waals surface area (Å²) in [4.78, 5) is 13.7. The average Bonchev–Trinajstić information content (AvgIpc) is 3.21. The largest absolute Gasteiger partial charge is 0.361 e. The van der Waals surface area contributed by atoms with Crippen molar-refractivity contribution in [3.8, 4) is 0 Å². The molecule has 1 aliphatic heterocycles. The van der Waals surface area contributed by atoms with Crippen LogP contribution in [0, 0.1) is 6.92 Å². The van der Waals surface area contributed by atoms with Gasteiger partial charge in [-0.1, -0.05) is 17.3 Å². The SMILES string of the molecule is Cc1cc(CCNS(=O)(=O)c2ccc(CCN3CCCC3=O)cc2)no1. The van der Waals surface area contributed by atoms with Gasteiger partial charge in [0.1, 0.15) is 5.76 Å².